The average Bonchev–Trinajstić information content (AvgIpc) is 3.02. The van der Waals surface area contributed by atoms with Gasteiger partial charge in [0.15, 0.2) is 0 Å². The number of hydrogen-bond acceptors (Lipinski definition) is 2. The highest BCUT2D eigenvalue weighted by atomic mass is 16.4. The number of hydrogen-bond donors (Lipinski definition) is 2. The zero-order valence-electron chi connectivity index (χ0n) is 12.6. The maximum atomic E-state index is 12.1. The molecule has 1 fully saturated rings. The molecule has 4 heteroatoms. The molecule has 1 unspecified atom stereocenters. The third-order valence-corrected chi connectivity index (χ3v) is 4.17. The molecule has 2 N–H and O–H groups in total. The van der Waals surface area contributed by atoms with Crippen LogP contribution in [0.15, 0.2) is 24.3 Å². The van der Waals surface area contributed by atoms with Gasteiger partial charge in [0.25, 0.3) is 5.91 Å². The minimum atomic E-state index is -1.000. The van der Waals surface area contributed by atoms with E-state index in [1.165, 1.54) is 6.08 Å². The highest BCUT2D eigenvalue weighted by Crippen LogP contribution is 2.50. The predicted molar refractivity (Wildman–Crippen MR) is 82.1 cm³/mol. The first-order chi connectivity index (χ1) is 9.79. The van der Waals surface area contributed by atoms with Crippen LogP contribution in [0.5, 0.6) is 0 Å². The molecule has 0 spiro atoms. The Bertz CT molecular complexity index is 602. The number of aryl methyl sites for hydroxylation is 1. The number of carboxylic acids is 1. The Hall–Kier alpha value is -2.10. The van der Waals surface area contributed by atoms with Crippen LogP contribution in [-0.2, 0) is 4.79 Å². The second kappa shape index (κ2) is 5.72. The van der Waals surface area contributed by atoms with E-state index in [2.05, 4.69) is 19.2 Å². The van der Waals surface area contributed by atoms with E-state index in [9.17, 15) is 9.59 Å². The lowest BCUT2D eigenvalue weighted by atomic mass is 10.0. The first-order valence-corrected chi connectivity index (χ1v) is 7.09. The van der Waals surface area contributed by atoms with Crippen molar-refractivity contribution < 1.29 is 14.7 Å². The molecule has 1 amide bonds. The van der Waals surface area contributed by atoms with E-state index in [-0.39, 0.29) is 5.91 Å². The largest absolute Gasteiger partial charge is 0.478 e. The van der Waals surface area contributed by atoms with E-state index >= 15 is 0 Å². The summed E-state index contributed by atoms with van der Waals surface area (Å²) in [6, 6.07) is 5.32. The Morgan fingerprint density at radius 3 is 2.67 bits per heavy atom. The van der Waals surface area contributed by atoms with E-state index in [0.717, 1.165) is 23.6 Å². The van der Waals surface area contributed by atoms with Crippen molar-refractivity contribution in [3.05, 3.63) is 41.0 Å². The van der Waals surface area contributed by atoms with E-state index in [1.807, 2.05) is 13.0 Å². The molecule has 0 radical (unpaired) electrons. The quantitative estimate of drug-likeness (QED) is 0.818. The summed E-state index contributed by atoms with van der Waals surface area (Å²) >= 11 is 0. The second-order valence-corrected chi connectivity index (χ2v) is 6.34. The van der Waals surface area contributed by atoms with E-state index in [1.54, 1.807) is 12.1 Å². The summed E-state index contributed by atoms with van der Waals surface area (Å²) in [7, 11) is 0. The minimum Gasteiger partial charge on any atom is -0.478 e. The van der Waals surface area contributed by atoms with Gasteiger partial charge in [-0.1, -0.05) is 19.9 Å². The summed E-state index contributed by atoms with van der Waals surface area (Å²) in [5, 5.41) is 11.6. The number of rotatable bonds is 5. The summed E-state index contributed by atoms with van der Waals surface area (Å²) in [6.07, 6.45) is 3.74. The summed E-state index contributed by atoms with van der Waals surface area (Å²) in [5.74, 6) is -0.554. The van der Waals surface area contributed by atoms with Crippen LogP contribution in [0.2, 0.25) is 0 Å². The SMILES string of the molecule is Cc1ccc(C(=O)NCC2CC2(C)C)cc1/C=C/C(=O)O. The number of carbonyl (C=O) groups is 2. The van der Waals surface area contributed by atoms with Crippen molar-refractivity contribution in [3.8, 4) is 0 Å². The topological polar surface area (TPSA) is 66.4 Å². The molecule has 0 bridgehead atoms. The van der Waals surface area contributed by atoms with Gasteiger partial charge in [0.1, 0.15) is 0 Å². The van der Waals surface area contributed by atoms with Crippen molar-refractivity contribution in [3.63, 3.8) is 0 Å². The van der Waals surface area contributed by atoms with Gasteiger partial charge in [-0.05, 0) is 54.0 Å². The smallest absolute Gasteiger partial charge is 0.328 e. The number of carboxylic acid groups (broad SMARTS) is 1. The Labute approximate surface area is 124 Å². The Balaban J connectivity index is 2.04. The molecule has 0 heterocycles. The maximum absolute atomic E-state index is 12.1. The predicted octanol–water partition coefficient (Wildman–Crippen LogP) is 2.87. The molecule has 0 aromatic heterocycles. The summed E-state index contributed by atoms with van der Waals surface area (Å²) < 4.78 is 0. The van der Waals surface area contributed by atoms with Gasteiger partial charge in [0.2, 0.25) is 0 Å². The summed E-state index contributed by atoms with van der Waals surface area (Å²) in [6.45, 7) is 6.98. The number of amides is 1. The molecule has 112 valence electrons. The average molecular weight is 287 g/mol. The lowest BCUT2D eigenvalue weighted by Gasteiger charge is -2.08. The fraction of sp³-hybridized carbons (Fsp3) is 0.412. The highest BCUT2D eigenvalue weighted by molar-refractivity contribution is 5.95. The van der Waals surface area contributed by atoms with Gasteiger partial charge in [0.05, 0.1) is 0 Å². The van der Waals surface area contributed by atoms with Gasteiger partial charge in [-0.2, -0.15) is 0 Å². The fourth-order valence-corrected chi connectivity index (χ4v) is 2.36. The number of carbonyl (C=O) groups excluding carboxylic acids is 1. The van der Waals surface area contributed by atoms with Crippen molar-refractivity contribution >= 4 is 18.0 Å². The molecule has 1 aromatic rings. The number of benzene rings is 1. The standard InChI is InChI=1S/C17H21NO3/c1-11-4-5-13(8-12(11)6-7-15(19)20)16(21)18-10-14-9-17(14,2)3/h4-8,14H,9-10H2,1-3H3,(H,18,21)(H,19,20)/b7-6+. The maximum Gasteiger partial charge on any atom is 0.328 e. The van der Waals surface area contributed by atoms with Crippen LogP contribution < -0.4 is 5.32 Å². The fourth-order valence-electron chi connectivity index (χ4n) is 2.36. The van der Waals surface area contributed by atoms with E-state index in [4.69, 9.17) is 5.11 Å². The molecule has 21 heavy (non-hydrogen) atoms. The molecule has 1 aromatic carbocycles. The second-order valence-electron chi connectivity index (χ2n) is 6.34. The van der Waals surface area contributed by atoms with Gasteiger partial charge in [0, 0.05) is 18.2 Å². The van der Waals surface area contributed by atoms with Gasteiger partial charge in [-0.15, -0.1) is 0 Å². The number of nitrogens with one attached hydrogen (secondary N) is 1. The lowest BCUT2D eigenvalue weighted by Crippen LogP contribution is -2.26. The zero-order valence-corrected chi connectivity index (χ0v) is 12.6. The lowest BCUT2D eigenvalue weighted by molar-refractivity contribution is -0.131. The van der Waals surface area contributed by atoms with Gasteiger partial charge in [-0.25, -0.2) is 4.79 Å². The van der Waals surface area contributed by atoms with Crippen molar-refractivity contribution in [1.29, 1.82) is 0 Å². The minimum absolute atomic E-state index is 0.109. The molecule has 0 saturated heterocycles. The van der Waals surface area contributed by atoms with Gasteiger partial charge < -0.3 is 10.4 Å². The van der Waals surface area contributed by atoms with Crippen molar-refractivity contribution in [2.45, 2.75) is 27.2 Å². The van der Waals surface area contributed by atoms with Crippen LogP contribution in [0, 0.1) is 18.3 Å². The van der Waals surface area contributed by atoms with E-state index < -0.39 is 5.97 Å². The summed E-state index contributed by atoms with van der Waals surface area (Å²) in [5.41, 5.74) is 2.59. The molecular formula is C17H21NO3. The number of aliphatic carboxylic acids is 1. The Kier molecular flexibility index (Phi) is 4.16. The molecule has 1 saturated carbocycles. The molecule has 2 rings (SSSR count). The molecule has 1 aliphatic carbocycles. The van der Waals surface area contributed by atoms with Crippen LogP contribution in [-0.4, -0.2) is 23.5 Å². The molecule has 4 nitrogen and oxygen atoms in total. The summed E-state index contributed by atoms with van der Waals surface area (Å²) in [4.78, 5) is 22.7. The van der Waals surface area contributed by atoms with Crippen molar-refractivity contribution in [1.82, 2.24) is 5.32 Å². The Morgan fingerprint density at radius 1 is 1.43 bits per heavy atom. The van der Waals surface area contributed by atoms with Crippen LogP contribution in [0.4, 0.5) is 0 Å². The molecule has 1 aliphatic rings. The van der Waals surface area contributed by atoms with Crippen molar-refractivity contribution in [2.24, 2.45) is 11.3 Å². The normalized spacial score (nSPS) is 19.5. The monoisotopic (exact) mass is 287 g/mol. The third kappa shape index (κ3) is 3.94. The van der Waals surface area contributed by atoms with Gasteiger partial charge in [-0.3, -0.25) is 4.79 Å². The molecule has 0 aliphatic heterocycles. The highest BCUT2D eigenvalue weighted by Gasteiger charge is 2.45. The zero-order chi connectivity index (χ0) is 15.6. The van der Waals surface area contributed by atoms with E-state index in [0.29, 0.717) is 23.4 Å². The van der Waals surface area contributed by atoms with Crippen LogP contribution in [0.25, 0.3) is 6.08 Å². The van der Waals surface area contributed by atoms with Crippen molar-refractivity contribution in [2.75, 3.05) is 6.54 Å². The van der Waals surface area contributed by atoms with Crippen LogP contribution >= 0.6 is 0 Å². The Morgan fingerprint density at radius 2 is 2.10 bits per heavy atom. The van der Waals surface area contributed by atoms with Crippen LogP contribution in [0.3, 0.4) is 0 Å². The first-order valence-electron chi connectivity index (χ1n) is 7.09. The third-order valence-electron chi connectivity index (χ3n) is 4.17. The molecular weight excluding hydrogens is 266 g/mol. The molecule has 1 atom stereocenters. The first kappa shape index (κ1) is 15.3. The van der Waals surface area contributed by atoms with Crippen LogP contribution in [0.1, 0.15) is 41.8 Å². The van der Waals surface area contributed by atoms with Gasteiger partial charge >= 0.3 is 5.97 Å².